The molecule has 0 N–H and O–H groups in total. The average Bonchev–Trinajstić information content (AvgIpc) is 1.85. The molecular weight excluding hydrogens is 188 g/mol. The van der Waals surface area contributed by atoms with Crippen LogP contribution in [-0.2, 0) is 13.5 Å². The van der Waals surface area contributed by atoms with Gasteiger partial charge in [0.2, 0.25) is 0 Å². The van der Waals surface area contributed by atoms with Crippen LogP contribution in [0.3, 0.4) is 0 Å². The third-order valence-electron chi connectivity index (χ3n) is 1.80. The van der Waals surface area contributed by atoms with Crippen molar-refractivity contribution >= 4 is 20.0 Å². The Morgan fingerprint density at radius 3 is 2.18 bits per heavy atom. The van der Waals surface area contributed by atoms with Crippen molar-refractivity contribution in [3.05, 3.63) is 0 Å². The normalized spacial score (nSPS) is 21.9. The molecule has 1 rings (SSSR count). The molecular formula is C6H11ClO3S. The second-order valence-electron chi connectivity index (χ2n) is 2.75. The van der Waals surface area contributed by atoms with Gasteiger partial charge >= 0.3 is 9.33 Å². The van der Waals surface area contributed by atoms with Gasteiger partial charge in [0.25, 0.3) is 0 Å². The van der Waals surface area contributed by atoms with E-state index >= 15 is 0 Å². The van der Waals surface area contributed by atoms with Crippen molar-refractivity contribution in [3.63, 3.8) is 0 Å². The van der Waals surface area contributed by atoms with Gasteiger partial charge in [-0.05, 0) is 12.8 Å². The lowest BCUT2D eigenvalue weighted by Crippen LogP contribution is -2.18. The van der Waals surface area contributed by atoms with Gasteiger partial charge in [-0.2, -0.15) is 8.42 Å². The molecule has 0 heterocycles. The molecule has 1 fully saturated rings. The van der Waals surface area contributed by atoms with Crippen LogP contribution in [0.1, 0.15) is 32.1 Å². The van der Waals surface area contributed by atoms with Crippen LogP contribution in [0.2, 0.25) is 0 Å². The first-order valence-electron chi connectivity index (χ1n) is 3.71. The summed E-state index contributed by atoms with van der Waals surface area (Å²) in [5.74, 6) is 0. The minimum absolute atomic E-state index is 0.175. The predicted octanol–water partition coefficient (Wildman–Crippen LogP) is 1.82. The molecule has 11 heavy (non-hydrogen) atoms. The Balaban J connectivity index is 2.36. The largest absolute Gasteiger partial charge is 0.355 e. The summed E-state index contributed by atoms with van der Waals surface area (Å²) in [4.78, 5) is 0. The van der Waals surface area contributed by atoms with E-state index in [-0.39, 0.29) is 6.10 Å². The summed E-state index contributed by atoms with van der Waals surface area (Å²) in [6.45, 7) is 0. The zero-order valence-corrected chi connectivity index (χ0v) is 7.70. The number of hydrogen-bond acceptors (Lipinski definition) is 3. The Bertz CT molecular complexity index is 206. The van der Waals surface area contributed by atoms with E-state index in [1.807, 2.05) is 0 Å². The first-order valence-corrected chi connectivity index (χ1v) is 5.94. The molecule has 1 aliphatic rings. The Hall–Kier alpha value is 0.200. The molecule has 5 heteroatoms. The smallest absolute Gasteiger partial charge is 0.255 e. The fraction of sp³-hybridized carbons (Fsp3) is 1.00. The minimum Gasteiger partial charge on any atom is -0.255 e. The topological polar surface area (TPSA) is 43.4 Å². The van der Waals surface area contributed by atoms with Crippen molar-refractivity contribution in [2.45, 2.75) is 38.2 Å². The van der Waals surface area contributed by atoms with Crippen LogP contribution in [0, 0.1) is 0 Å². The molecule has 0 unspecified atom stereocenters. The van der Waals surface area contributed by atoms with Gasteiger partial charge in [-0.3, -0.25) is 4.18 Å². The SMILES string of the molecule is O=S(=O)(Cl)OC1CCCCC1. The van der Waals surface area contributed by atoms with E-state index in [1.54, 1.807) is 0 Å². The first-order chi connectivity index (χ1) is 5.08. The Morgan fingerprint density at radius 1 is 1.18 bits per heavy atom. The molecule has 0 atom stereocenters. The minimum atomic E-state index is -3.75. The van der Waals surface area contributed by atoms with Gasteiger partial charge < -0.3 is 0 Å². The van der Waals surface area contributed by atoms with Gasteiger partial charge in [0.05, 0.1) is 6.10 Å². The van der Waals surface area contributed by atoms with Crippen molar-refractivity contribution in [1.82, 2.24) is 0 Å². The molecule has 0 aromatic heterocycles. The molecule has 1 aliphatic carbocycles. The molecule has 0 aliphatic heterocycles. The van der Waals surface area contributed by atoms with Crippen LogP contribution >= 0.6 is 10.7 Å². The monoisotopic (exact) mass is 198 g/mol. The highest BCUT2D eigenvalue weighted by Crippen LogP contribution is 2.22. The molecule has 1 saturated carbocycles. The summed E-state index contributed by atoms with van der Waals surface area (Å²) < 4.78 is 25.5. The van der Waals surface area contributed by atoms with Crippen molar-refractivity contribution in [2.75, 3.05) is 0 Å². The van der Waals surface area contributed by atoms with Crippen molar-refractivity contribution in [1.29, 1.82) is 0 Å². The Morgan fingerprint density at radius 2 is 1.73 bits per heavy atom. The van der Waals surface area contributed by atoms with Gasteiger partial charge in [-0.25, -0.2) is 0 Å². The second kappa shape index (κ2) is 3.74. The Labute approximate surface area is 71.3 Å². The lowest BCUT2D eigenvalue weighted by molar-refractivity contribution is 0.167. The van der Waals surface area contributed by atoms with E-state index in [2.05, 4.69) is 4.18 Å². The maximum absolute atomic E-state index is 10.4. The van der Waals surface area contributed by atoms with Crippen LogP contribution in [0.4, 0.5) is 0 Å². The van der Waals surface area contributed by atoms with E-state index in [0.717, 1.165) is 25.7 Å². The maximum atomic E-state index is 10.4. The van der Waals surface area contributed by atoms with E-state index in [1.165, 1.54) is 6.42 Å². The average molecular weight is 199 g/mol. The van der Waals surface area contributed by atoms with Crippen LogP contribution in [0.15, 0.2) is 0 Å². The summed E-state index contributed by atoms with van der Waals surface area (Å²) in [7, 11) is 1.16. The van der Waals surface area contributed by atoms with Gasteiger partial charge in [0, 0.05) is 10.7 Å². The lowest BCUT2D eigenvalue weighted by atomic mass is 9.98. The number of hydrogen-bond donors (Lipinski definition) is 0. The maximum Gasteiger partial charge on any atom is 0.355 e. The third kappa shape index (κ3) is 3.94. The molecule has 0 bridgehead atoms. The van der Waals surface area contributed by atoms with Crippen molar-refractivity contribution < 1.29 is 12.6 Å². The zero-order valence-electron chi connectivity index (χ0n) is 6.12. The summed E-state index contributed by atoms with van der Waals surface area (Å²) in [5, 5.41) is 0. The molecule has 0 amide bonds. The van der Waals surface area contributed by atoms with E-state index in [0.29, 0.717) is 0 Å². The van der Waals surface area contributed by atoms with Gasteiger partial charge in [-0.15, -0.1) is 0 Å². The van der Waals surface area contributed by atoms with Gasteiger partial charge in [0.1, 0.15) is 0 Å². The number of rotatable bonds is 2. The van der Waals surface area contributed by atoms with Gasteiger partial charge in [-0.1, -0.05) is 19.3 Å². The highest BCUT2D eigenvalue weighted by molar-refractivity contribution is 8.10. The lowest BCUT2D eigenvalue weighted by Gasteiger charge is -2.19. The van der Waals surface area contributed by atoms with Crippen LogP contribution in [-0.4, -0.2) is 14.5 Å². The molecule has 0 saturated heterocycles. The van der Waals surface area contributed by atoms with Crippen LogP contribution in [0.25, 0.3) is 0 Å². The summed E-state index contributed by atoms with van der Waals surface area (Å²) >= 11 is 0. The zero-order chi connectivity index (χ0) is 8.32. The quantitative estimate of drug-likeness (QED) is 0.636. The van der Waals surface area contributed by atoms with Crippen molar-refractivity contribution in [3.8, 4) is 0 Å². The first kappa shape index (κ1) is 9.29. The number of halogens is 1. The molecule has 0 radical (unpaired) electrons. The summed E-state index contributed by atoms with van der Waals surface area (Å²) in [5.41, 5.74) is 0. The standard InChI is InChI=1S/C6H11ClO3S/c7-11(8,9)10-6-4-2-1-3-5-6/h6H,1-5H2. The molecule has 0 spiro atoms. The van der Waals surface area contributed by atoms with E-state index < -0.39 is 9.33 Å². The fourth-order valence-electron chi connectivity index (χ4n) is 1.32. The summed E-state index contributed by atoms with van der Waals surface area (Å²) in [6.07, 6.45) is 4.69. The van der Waals surface area contributed by atoms with E-state index in [4.69, 9.17) is 10.7 Å². The van der Waals surface area contributed by atoms with E-state index in [9.17, 15) is 8.42 Å². The molecule has 0 aromatic carbocycles. The predicted molar refractivity (Wildman–Crippen MR) is 42.7 cm³/mol. The highest BCUT2D eigenvalue weighted by atomic mass is 35.7. The third-order valence-corrected chi connectivity index (χ3v) is 2.52. The molecule has 0 aromatic rings. The Kier molecular flexibility index (Phi) is 3.16. The second-order valence-corrected chi connectivity index (χ2v) is 4.86. The molecule has 66 valence electrons. The van der Waals surface area contributed by atoms with Crippen LogP contribution in [0.5, 0.6) is 0 Å². The highest BCUT2D eigenvalue weighted by Gasteiger charge is 2.19. The van der Waals surface area contributed by atoms with Gasteiger partial charge in [0.15, 0.2) is 0 Å². The fourth-order valence-corrected chi connectivity index (χ4v) is 2.15. The van der Waals surface area contributed by atoms with Crippen molar-refractivity contribution in [2.24, 2.45) is 0 Å². The van der Waals surface area contributed by atoms with Crippen LogP contribution < -0.4 is 0 Å². The summed E-state index contributed by atoms with van der Waals surface area (Å²) in [6, 6.07) is 0. The molecule has 3 nitrogen and oxygen atoms in total.